The van der Waals surface area contributed by atoms with Crippen LogP contribution in [-0.2, 0) is 16.1 Å². The molecule has 0 saturated carbocycles. The third-order valence-electron chi connectivity index (χ3n) is 6.35. The lowest BCUT2D eigenvalue weighted by atomic mass is 9.93. The number of carbonyl (C=O) groups is 1. The molecule has 0 unspecified atom stereocenters. The van der Waals surface area contributed by atoms with Crippen molar-refractivity contribution in [2.24, 2.45) is 5.92 Å². The van der Waals surface area contributed by atoms with Crippen molar-refractivity contribution in [1.29, 1.82) is 0 Å². The van der Waals surface area contributed by atoms with Crippen LogP contribution in [0, 0.1) is 12.8 Å². The smallest absolute Gasteiger partial charge is 0.223 e. The molecule has 2 aliphatic rings. The number of nitrogens with zero attached hydrogens (tertiary/aromatic N) is 1. The van der Waals surface area contributed by atoms with Crippen LogP contribution >= 0.6 is 0 Å². The third-order valence-corrected chi connectivity index (χ3v) is 6.35. The molecule has 5 nitrogen and oxygen atoms in total. The number of benzene rings is 1. The summed E-state index contributed by atoms with van der Waals surface area (Å²) in [5.41, 5.74) is 5.07. The number of aryl methyl sites for hydroxylation is 1. The second kappa shape index (κ2) is 8.03. The average Bonchev–Trinajstić information content (AvgIpc) is 3.03. The molecule has 2 aliphatic heterocycles. The van der Waals surface area contributed by atoms with Crippen LogP contribution in [0.3, 0.4) is 0 Å². The number of hydrogen-bond donors (Lipinski definition) is 2. The molecule has 5 heteroatoms. The van der Waals surface area contributed by atoms with Gasteiger partial charge in [0.25, 0.3) is 0 Å². The van der Waals surface area contributed by atoms with E-state index in [0.29, 0.717) is 12.5 Å². The molecule has 146 valence electrons. The van der Waals surface area contributed by atoms with Crippen LogP contribution in [-0.4, -0.2) is 49.1 Å². The first-order chi connectivity index (χ1) is 13.1. The number of piperidine rings is 1. The Labute approximate surface area is 161 Å². The Morgan fingerprint density at radius 2 is 1.96 bits per heavy atom. The van der Waals surface area contributed by atoms with E-state index in [9.17, 15) is 4.79 Å². The quantitative estimate of drug-likeness (QED) is 0.869. The van der Waals surface area contributed by atoms with Gasteiger partial charge in [-0.05, 0) is 76.0 Å². The number of nitrogens with one attached hydrogen (secondary N) is 2. The first-order valence-corrected chi connectivity index (χ1v) is 10.3. The number of carbonyl (C=O) groups excluding carboxylic acids is 1. The van der Waals surface area contributed by atoms with Crippen LogP contribution < -0.4 is 5.32 Å². The molecule has 4 rings (SSSR count). The fourth-order valence-corrected chi connectivity index (χ4v) is 4.50. The van der Waals surface area contributed by atoms with Crippen molar-refractivity contribution in [3.63, 3.8) is 0 Å². The Kier molecular flexibility index (Phi) is 5.50. The molecule has 0 aliphatic carbocycles. The van der Waals surface area contributed by atoms with Gasteiger partial charge >= 0.3 is 0 Å². The molecule has 0 spiro atoms. The van der Waals surface area contributed by atoms with E-state index in [0.717, 1.165) is 52.0 Å². The van der Waals surface area contributed by atoms with Crippen LogP contribution in [0.25, 0.3) is 10.9 Å². The molecule has 0 radical (unpaired) electrons. The van der Waals surface area contributed by atoms with Gasteiger partial charge in [0.2, 0.25) is 5.91 Å². The summed E-state index contributed by atoms with van der Waals surface area (Å²) in [6.45, 7) is 6.56. The fraction of sp³-hybridized carbons (Fsp3) is 0.591. The van der Waals surface area contributed by atoms with Crippen molar-refractivity contribution in [3.05, 3.63) is 35.0 Å². The van der Waals surface area contributed by atoms with Gasteiger partial charge in [-0.1, -0.05) is 6.07 Å². The van der Waals surface area contributed by atoms with Gasteiger partial charge in [0.05, 0.1) is 0 Å². The zero-order valence-corrected chi connectivity index (χ0v) is 16.5. The van der Waals surface area contributed by atoms with E-state index in [4.69, 9.17) is 4.74 Å². The summed E-state index contributed by atoms with van der Waals surface area (Å²) in [5, 5.41) is 4.43. The Morgan fingerprint density at radius 3 is 2.70 bits per heavy atom. The lowest BCUT2D eigenvalue weighted by molar-refractivity contribution is -0.126. The summed E-state index contributed by atoms with van der Waals surface area (Å²) in [4.78, 5) is 18.4. The zero-order chi connectivity index (χ0) is 18.8. The summed E-state index contributed by atoms with van der Waals surface area (Å²) < 4.78 is 5.51. The maximum absolute atomic E-state index is 12.5. The highest BCUT2D eigenvalue weighted by Gasteiger charge is 2.23. The van der Waals surface area contributed by atoms with E-state index in [2.05, 4.69) is 47.4 Å². The molecule has 2 saturated heterocycles. The standard InChI is InChI=1S/C22H31N3O2/c1-15-19-13-16(14-23-22(26)18-5-9-25(2)10-6-18)3-4-20(19)24-21(15)17-7-11-27-12-8-17/h3-4,13,17-18,24H,5-12,14H2,1-2H3,(H,23,26). The number of H-pyrrole nitrogens is 1. The lowest BCUT2D eigenvalue weighted by Gasteiger charge is -2.28. The van der Waals surface area contributed by atoms with Crippen molar-refractivity contribution in [1.82, 2.24) is 15.2 Å². The van der Waals surface area contributed by atoms with Gasteiger partial charge in [0.1, 0.15) is 0 Å². The number of likely N-dealkylation sites (tertiary alicyclic amines) is 1. The molecule has 3 heterocycles. The van der Waals surface area contributed by atoms with E-state index >= 15 is 0 Å². The predicted molar refractivity (Wildman–Crippen MR) is 108 cm³/mol. The zero-order valence-electron chi connectivity index (χ0n) is 16.5. The highest BCUT2D eigenvalue weighted by atomic mass is 16.5. The Balaban J connectivity index is 1.43. The van der Waals surface area contributed by atoms with Crippen molar-refractivity contribution in [2.45, 2.75) is 45.1 Å². The van der Waals surface area contributed by atoms with Crippen LogP contribution in [0.2, 0.25) is 0 Å². The average molecular weight is 370 g/mol. The summed E-state index contributed by atoms with van der Waals surface area (Å²) >= 11 is 0. The molecule has 1 aromatic carbocycles. The molecule has 27 heavy (non-hydrogen) atoms. The normalized spacial score (nSPS) is 20.2. The van der Waals surface area contributed by atoms with E-state index in [1.165, 1.54) is 27.7 Å². The first-order valence-electron chi connectivity index (χ1n) is 10.3. The molecular weight excluding hydrogens is 338 g/mol. The molecule has 2 aromatic rings. The van der Waals surface area contributed by atoms with E-state index < -0.39 is 0 Å². The molecule has 1 aromatic heterocycles. The van der Waals surface area contributed by atoms with Gasteiger partial charge in [-0.25, -0.2) is 0 Å². The Morgan fingerprint density at radius 1 is 1.22 bits per heavy atom. The summed E-state index contributed by atoms with van der Waals surface area (Å²) in [6, 6.07) is 6.52. The molecular formula is C22H31N3O2. The molecule has 2 N–H and O–H groups in total. The van der Waals surface area contributed by atoms with Gasteiger partial charge in [-0.2, -0.15) is 0 Å². The predicted octanol–water partition coefficient (Wildman–Crippen LogP) is 3.33. The summed E-state index contributed by atoms with van der Waals surface area (Å²) in [6.07, 6.45) is 4.11. The number of aromatic amines is 1. The van der Waals surface area contributed by atoms with Crippen molar-refractivity contribution >= 4 is 16.8 Å². The number of amides is 1. The topological polar surface area (TPSA) is 57.4 Å². The number of ether oxygens (including phenoxy) is 1. The minimum atomic E-state index is 0.166. The van der Waals surface area contributed by atoms with Crippen LogP contribution in [0.5, 0.6) is 0 Å². The third kappa shape index (κ3) is 4.04. The van der Waals surface area contributed by atoms with E-state index in [1.807, 2.05) is 0 Å². The Bertz CT molecular complexity index is 799. The largest absolute Gasteiger partial charge is 0.381 e. The molecule has 0 bridgehead atoms. The fourth-order valence-electron chi connectivity index (χ4n) is 4.50. The van der Waals surface area contributed by atoms with E-state index in [-0.39, 0.29) is 11.8 Å². The second-order valence-electron chi connectivity index (χ2n) is 8.23. The summed E-state index contributed by atoms with van der Waals surface area (Å²) in [7, 11) is 2.12. The minimum absolute atomic E-state index is 0.166. The highest BCUT2D eigenvalue weighted by Crippen LogP contribution is 2.33. The Hall–Kier alpha value is -1.85. The second-order valence-corrected chi connectivity index (χ2v) is 8.23. The number of fused-ring (bicyclic) bond motifs is 1. The number of hydrogen-bond acceptors (Lipinski definition) is 3. The monoisotopic (exact) mass is 369 g/mol. The molecule has 0 atom stereocenters. The van der Waals surface area contributed by atoms with Gasteiger partial charge in [-0.15, -0.1) is 0 Å². The molecule has 1 amide bonds. The SMILES string of the molecule is Cc1c(C2CCOCC2)[nH]c2ccc(CNC(=O)C3CCN(C)CC3)cc12. The highest BCUT2D eigenvalue weighted by molar-refractivity contribution is 5.85. The summed E-state index contributed by atoms with van der Waals surface area (Å²) in [5.74, 6) is 0.940. The van der Waals surface area contributed by atoms with Gasteiger partial charge in [-0.3, -0.25) is 4.79 Å². The number of aromatic nitrogens is 1. The van der Waals surface area contributed by atoms with Crippen molar-refractivity contribution in [3.8, 4) is 0 Å². The molecule has 2 fully saturated rings. The van der Waals surface area contributed by atoms with Gasteiger partial charge in [0.15, 0.2) is 0 Å². The minimum Gasteiger partial charge on any atom is -0.381 e. The number of rotatable bonds is 4. The lowest BCUT2D eigenvalue weighted by Crippen LogP contribution is -2.38. The maximum Gasteiger partial charge on any atom is 0.223 e. The maximum atomic E-state index is 12.5. The van der Waals surface area contributed by atoms with Crippen LogP contribution in [0.15, 0.2) is 18.2 Å². The van der Waals surface area contributed by atoms with Gasteiger partial charge < -0.3 is 19.9 Å². The van der Waals surface area contributed by atoms with Crippen LogP contribution in [0.4, 0.5) is 0 Å². The van der Waals surface area contributed by atoms with E-state index in [1.54, 1.807) is 0 Å². The van der Waals surface area contributed by atoms with Crippen LogP contribution in [0.1, 0.15) is 48.4 Å². The van der Waals surface area contributed by atoms with Crippen molar-refractivity contribution in [2.75, 3.05) is 33.4 Å². The first kappa shape index (κ1) is 18.5. The van der Waals surface area contributed by atoms with Gasteiger partial charge in [0, 0.05) is 48.2 Å². The van der Waals surface area contributed by atoms with Crippen molar-refractivity contribution < 1.29 is 9.53 Å².